The molecule has 0 saturated heterocycles. The number of halogens is 1. The van der Waals surface area contributed by atoms with Gasteiger partial charge in [0.25, 0.3) is 0 Å². The van der Waals surface area contributed by atoms with Crippen molar-refractivity contribution in [1.82, 2.24) is 9.78 Å². The number of aryl methyl sites for hydroxylation is 1. The van der Waals surface area contributed by atoms with Gasteiger partial charge in [-0.3, -0.25) is 4.68 Å². The summed E-state index contributed by atoms with van der Waals surface area (Å²) < 4.78 is 1.61. The summed E-state index contributed by atoms with van der Waals surface area (Å²) in [4.78, 5) is 0. The van der Waals surface area contributed by atoms with Crippen LogP contribution in [0.5, 0.6) is 0 Å². The molecule has 74 valence electrons. The number of rotatable bonds is 4. The highest BCUT2D eigenvalue weighted by Gasteiger charge is 2.15. The third-order valence-electron chi connectivity index (χ3n) is 1.73. The molecule has 0 aliphatic rings. The van der Waals surface area contributed by atoms with Crippen molar-refractivity contribution in [3.8, 4) is 0 Å². The molecular formula is C8H13ClN2OS. The lowest BCUT2D eigenvalue weighted by molar-refractivity contribution is 0.194. The second-order valence-electron chi connectivity index (χ2n) is 2.68. The molecule has 1 aromatic heterocycles. The summed E-state index contributed by atoms with van der Waals surface area (Å²) in [5.41, 5.74) is 0.697. The zero-order chi connectivity index (χ0) is 9.84. The Kier molecular flexibility index (Phi) is 4.09. The summed E-state index contributed by atoms with van der Waals surface area (Å²) in [6.07, 6.45) is 1.03. The van der Waals surface area contributed by atoms with E-state index < -0.39 is 6.10 Å². The molecule has 1 N–H and O–H groups in total. The summed E-state index contributed by atoms with van der Waals surface area (Å²) in [5.74, 6) is 1.66. The van der Waals surface area contributed by atoms with E-state index in [0.29, 0.717) is 16.5 Å². The van der Waals surface area contributed by atoms with Crippen LogP contribution in [0.25, 0.3) is 0 Å². The molecule has 13 heavy (non-hydrogen) atoms. The molecule has 5 heteroatoms. The van der Waals surface area contributed by atoms with Gasteiger partial charge in [-0.25, -0.2) is 0 Å². The van der Waals surface area contributed by atoms with Crippen LogP contribution >= 0.6 is 23.4 Å². The van der Waals surface area contributed by atoms with E-state index in [2.05, 4.69) is 12.0 Å². The molecule has 0 fully saturated rings. The standard InChI is InChI=1S/C8H13ClN2OS/c1-3-13-5-7(12)8-6(9)4-10-11(8)2/h4,7,12H,3,5H2,1-2H3. The van der Waals surface area contributed by atoms with Crippen molar-refractivity contribution in [2.75, 3.05) is 11.5 Å². The average molecular weight is 221 g/mol. The smallest absolute Gasteiger partial charge is 0.106 e. The molecule has 1 atom stereocenters. The molecule has 0 saturated carbocycles. The van der Waals surface area contributed by atoms with Gasteiger partial charge < -0.3 is 5.11 Å². The van der Waals surface area contributed by atoms with Gasteiger partial charge in [0, 0.05) is 12.8 Å². The van der Waals surface area contributed by atoms with Crippen LogP contribution in [0.4, 0.5) is 0 Å². The number of aliphatic hydroxyl groups excluding tert-OH is 1. The lowest BCUT2D eigenvalue weighted by Crippen LogP contribution is -2.08. The quantitative estimate of drug-likeness (QED) is 0.842. The third kappa shape index (κ3) is 2.62. The monoisotopic (exact) mass is 220 g/mol. The predicted octanol–water partition coefficient (Wildman–Crippen LogP) is 1.86. The fourth-order valence-electron chi connectivity index (χ4n) is 1.10. The molecule has 0 radical (unpaired) electrons. The van der Waals surface area contributed by atoms with Gasteiger partial charge in [-0.05, 0) is 5.75 Å². The maximum absolute atomic E-state index is 9.74. The summed E-state index contributed by atoms with van der Waals surface area (Å²) in [6.45, 7) is 2.06. The predicted molar refractivity (Wildman–Crippen MR) is 56.2 cm³/mol. The van der Waals surface area contributed by atoms with Gasteiger partial charge in [-0.2, -0.15) is 16.9 Å². The van der Waals surface area contributed by atoms with Crippen molar-refractivity contribution in [1.29, 1.82) is 0 Å². The van der Waals surface area contributed by atoms with E-state index in [1.54, 1.807) is 29.7 Å². The first kappa shape index (κ1) is 10.9. The van der Waals surface area contributed by atoms with E-state index in [9.17, 15) is 5.11 Å². The number of nitrogens with zero attached hydrogens (tertiary/aromatic N) is 2. The van der Waals surface area contributed by atoms with Gasteiger partial charge in [-0.15, -0.1) is 0 Å². The van der Waals surface area contributed by atoms with E-state index in [1.165, 1.54) is 0 Å². The molecule has 1 heterocycles. The van der Waals surface area contributed by atoms with Crippen molar-refractivity contribution in [3.63, 3.8) is 0 Å². The van der Waals surface area contributed by atoms with Crippen molar-refractivity contribution >= 4 is 23.4 Å². The van der Waals surface area contributed by atoms with Crippen LogP contribution in [-0.2, 0) is 7.05 Å². The minimum absolute atomic E-state index is 0.523. The second kappa shape index (κ2) is 4.88. The van der Waals surface area contributed by atoms with Crippen LogP contribution < -0.4 is 0 Å². The van der Waals surface area contributed by atoms with Crippen molar-refractivity contribution in [2.45, 2.75) is 13.0 Å². The normalized spacial score (nSPS) is 13.2. The minimum atomic E-state index is -0.523. The summed E-state index contributed by atoms with van der Waals surface area (Å²) in [5, 5.41) is 14.2. The topological polar surface area (TPSA) is 38.1 Å². The molecular weight excluding hydrogens is 208 g/mol. The Bertz CT molecular complexity index is 258. The van der Waals surface area contributed by atoms with Crippen LogP contribution in [0.15, 0.2) is 6.20 Å². The first-order chi connectivity index (χ1) is 6.16. The van der Waals surface area contributed by atoms with Gasteiger partial charge in [0.15, 0.2) is 0 Å². The first-order valence-corrected chi connectivity index (χ1v) is 5.63. The lowest BCUT2D eigenvalue weighted by Gasteiger charge is -2.10. The highest BCUT2D eigenvalue weighted by Crippen LogP contribution is 2.24. The van der Waals surface area contributed by atoms with Crippen LogP contribution in [0.1, 0.15) is 18.7 Å². The van der Waals surface area contributed by atoms with Crippen LogP contribution in [0.2, 0.25) is 5.02 Å². The van der Waals surface area contributed by atoms with E-state index in [1.807, 2.05) is 0 Å². The number of aliphatic hydroxyl groups is 1. The summed E-state index contributed by atoms with van der Waals surface area (Å²) in [7, 11) is 1.78. The fraction of sp³-hybridized carbons (Fsp3) is 0.625. The zero-order valence-corrected chi connectivity index (χ0v) is 9.27. The minimum Gasteiger partial charge on any atom is -0.386 e. The van der Waals surface area contributed by atoms with Gasteiger partial charge in [0.05, 0.1) is 16.9 Å². The molecule has 0 aliphatic heterocycles. The third-order valence-corrected chi connectivity index (χ3v) is 2.98. The second-order valence-corrected chi connectivity index (χ2v) is 4.40. The highest BCUT2D eigenvalue weighted by atomic mass is 35.5. The fourth-order valence-corrected chi connectivity index (χ4v) is 2.01. The Morgan fingerprint density at radius 3 is 2.92 bits per heavy atom. The highest BCUT2D eigenvalue weighted by molar-refractivity contribution is 7.99. The van der Waals surface area contributed by atoms with Gasteiger partial charge in [0.2, 0.25) is 0 Å². The van der Waals surface area contributed by atoms with Gasteiger partial charge >= 0.3 is 0 Å². The van der Waals surface area contributed by atoms with Crippen LogP contribution in [-0.4, -0.2) is 26.4 Å². The van der Waals surface area contributed by atoms with E-state index in [4.69, 9.17) is 11.6 Å². The Hall–Kier alpha value is -0.190. The number of aromatic nitrogens is 2. The number of thioether (sulfide) groups is 1. The Balaban J connectivity index is 2.69. The Morgan fingerprint density at radius 1 is 1.77 bits per heavy atom. The average Bonchev–Trinajstić information content (AvgIpc) is 2.42. The largest absolute Gasteiger partial charge is 0.386 e. The van der Waals surface area contributed by atoms with Crippen LogP contribution in [0.3, 0.4) is 0 Å². The van der Waals surface area contributed by atoms with Crippen molar-refractivity contribution < 1.29 is 5.11 Å². The number of hydrogen-bond acceptors (Lipinski definition) is 3. The molecule has 1 rings (SSSR count). The zero-order valence-electron chi connectivity index (χ0n) is 7.70. The van der Waals surface area contributed by atoms with E-state index >= 15 is 0 Å². The Labute approximate surface area is 87.1 Å². The van der Waals surface area contributed by atoms with Crippen LogP contribution in [0, 0.1) is 0 Å². The Morgan fingerprint density at radius 2 is 2.46 bits per heavy atom. The SMILES string of the molecule is CCSCC(O)c1c(Cl)cnn1C. The van der Waals surface area contributed by atoms with Crippen molar-refractivity contribution in [3.05, 3.63) is 16.9 Å². The molecule has 0 amide bonds. The molecule has 0 bridgehead atoms. The van der Waals surface area contributed by atoms with E-state index in [-0.39, 0.29) is 0 Å². The lowest BCUT2D eigenvalue weighted by atomic mass is 10.3. The summed E-state index contributed by atoms with van der Waals surface area (Å²) >= 11 is 7.55. The van der Waals surface area contributed by atoms with Gasteiger partial charge in [-0.1, -0.05) is 18.5 Å². The molecule has 1 aromatic rings. The number of hydrogen-bond donors (Lipinski definition) is 1. The maximum atomic E-state index is 9.74. The molecule has 3 nitrogen and oxygen atoms in total. The maximum Gasteiger partial charge on any atom is 0.106 e. The molecule has 1 unspecified atom stereocenters. The molecule has 0 spiro atoms. The molecule has 0 aliphatic carbocycles. The van der Waals surface area contributed by atoms with Gasteiger partial charge in [0.1, 0.15) is 6.10 Å². The van der Waals surface area contributed by atoms with Crippen molar-refractivity contribution in [2.24, 2.45) is 7.05 Å². The first-order valence-electron chi connectivity index (χ1n) is 4.10. The molecule has 0 aromatic carbocycles. The van der Waals surface area contributed by atoms with E-state index in [0.717, 1.165) is 5.75 Å². The summed E-state index contributed by atoms with van der Waals surface area (Å²) in [6, 6.07) is 0.